The van der Waals surface area contributed by atoms with Crippen molar-refractivity contribution < 1.29 is 14.7 Å². The lowest BCUT2D eigenvalue weighted by atomic mass is 9.84. The van der Waals surface area contributed by atoms with Gasteiger partial charge >= 0.3 is 12.0 Å². The highest BCUT2D eigenvalue weighted by molar-refractivity contribution is 8.00. The molecule has 1 fully saturated rings. The quantitative estimate of drug-likeness (QED) is 0.836. The molecule has 6 heteroatoms. The minimum atomic E-state index is -0.846. The summed E-state index contributed by atoms with van der Waals surface area (Å²) in [5.74, 6) is -1.39. The lowest BCUT2D eigenvalue weighted by Crippen LogP contribution is -2.50. The van der Waals surface area contributed by atoms with Crippen LogP contribution in [0.4, 0.5) is 4.79 Å². The Morgan fingerprint density at radius 2 is 1.81 bits per heavy atom. The van der Waals surface area contributed by atoms with Crippen molar-refractivity contribution in [1.29, 1.82) is 0 Å². The Kier molecular flexibility index (Phi) is 6.38. The van der Waals surface area contributed by atoms with E-state index in [9.17, 15) is 14.7 Å². The average Bonchev–Trinajstić information content (AvgIpc) is 2.31. The van der Waals surface area contributed by atoms with Crippen LogP contribution < -0.4 is 5.32 Å². The normalized spacial score (nSPS) is 24.5. The number of aliphatic carboxylic acids is 1. The number of hydrogen-bond acceptors (Lipinski definition) is 3. The lowest BCUT2D eigenvalue weighted by Gasteiger charge is -2.35. The van der Waals surface area contributed by atoms with E-state index in [1.54, 1.807) is 4.90 Å². The zero-order chi connectivity index (χ0) is 16.2. The largest absolute Gasteiger partial charge is 0.481 e. The van der Waals surface area contributed by atoms with Crippen molar-refractivity contribution in [3.63, 3.8) is 0 Å². The van der Waals surface area contributed by atoms with E-state index >= 15 is 0 Å². The number of carboxylic acid groups (broad SMARTS) is 1. The van der Waals surface area contributed by atoms with Gasteiger partial charge in [0.25, 0.3) is 0 Å². The first-order chi connectivity index (χ1) is 9.58. The third-order valence-corrected chi connectivity index (χ3v) is 4.64. The second-order valence-corrected chi connectivity index (χ2v) is 9.03. The molecule has 0 aromatic carbocycles. The van der Waals surface area contributed by atoms with Crippen LogP contribution in [0.2, 0.25) is 0 Å². The van der Waals surface area contributed by atoms with E-state index in [0.717, 1.165) is 13.1 Å². The van der Waals surface area contributed by atoms with Crippen LogP contribution in [0.1, 0.15) is 41.0 Å². The molecule has 1 saturated heterocycles. The second kappa shape index (κ2) is 7.38. The van der Waals surface area contributed by atoms with Crippen molar-refractivity contribution in [3.8, 4) is 0 Å². The highest BCUT2D eigenvalue weighted by atomic mass is 32.2. The van der Waals surface area contributed by atoms with Crippen LogP contribution >= 0.6 is 11.8 Å². The average molecular weight is 316 g/mol. The van der Waals surface area contributed by atoms with Crippen molar-refractivity contribution in [2.75, 3.05) is 19.6 Å². The summed E-state index contributed by atoms with van der Waals surface area (Å²) in [6.07, 6.45) is 0.547. The molecule has 1 aliphatic heterocycles. The van der Waals surface area contributed by atoms with Gasteiger partial charge in [0.15, 0.2) is 0 Å². The molecule has 2 N–H and O–H groups in total. The van der Waals surface area contributed by atoms with Gasteiger partial charge in [-0.25, -0.2) is 4.79 Å². The Labute approximate surface area is 131 Å². The summed E-state index contributed by atoms with van der Waals surface area (Å²) >= 11 is 1.88. The molecule has 21 heavy (non-hydrogen) atoms. The number of thioether (sulfide) groups is 1. The van der Waals surface area contributed by atoms with Gasteiger partial charge in [0.1, 0.15) is 0 Å². The van der Waals surface area contributed by atoms with E-state index in [2.05, 4.69) is 19.2 Å². The van der Waals surface area contributed by atoms with Gasteiger partial charge in [-0.05, 0) is 11.8 Å². The molecule has 1 heterocycles. The molecule has 0 bridgehead atoms. The van der Waals surface area contributed by atoms with Gasteiger partial charge in [-0.3, -0.25) is 4.79 Å². The van der Waals surface area contributed by atoms with Crippen molar-refractivity contribution >= 4 is 23.8 Å². The lowest BCUT2D eigenvalue weighted by molar-refractivity contribution is -0.142. The molecular weight excluding hydrogens is 288 g/mol. The maximum Gasteiger partial charge on any atom is 0.317 e. The fourth-order valence-corrected chi connectivity index (χ4v) is 3.98. The van der Waals surface area contributed by atoms with Gasteiger partial charge in [-0.2, -0.15) is 11.8 Å². The minimum absolute atomic E-state index is 0.0709. The molecular formula is C15H28N2O3S. The van der Waals surface area contributed by atoms with Crippen LogP contribution in [0.15, 0.2) is 0 Å². The molecule has 2 amide bonds. The highest BCUT2D eigenvalue weighted by Gasteiger charge is 2.28. The number of urea groups is 1. The first kappa shape index (κ1) is 18.1. The SMILES string of the molecule is CC1CN(C(=O)NCC(CC(C)(C)C)C(=O)O)CC(C)S1. The smallest absolute Gasteiger partial charge is 0.317 e. The Bertz CT molecular complexity index is 372. The van der Waals surface area contributed by atoms with Gasteiger partial charge < -0.3 is 15.3 Å². The molecule has 1 rings (SSSR count). The number of carboxylic acids is 1. The number of nitrogens with zero attached hydrogens (tertiary/aromatic N) is 1. The summed E-state index contributed by atoms with van der Waals surface area (Å²) < 4.78 is 0. The third-order valence-electron chi connectivity index (χ3n) is 3.41. The first-order valence-electron chi connectivity index (χ1n) is 7.49. The molecule has 1 aliphatic rings. The fraction of sp³-hybridized carbons (Fsp3) is 0.867. The van der Waals surface area contributed by atoms with E-state index in [0.29, 0.717) is 16.9 Å². The number of carbonyl (C=O) groups is 2. The molecule has 0 spiro atoms. The second-order valence-electron chi connectivity index (χ2n) is 7.15. The molecule has 122 valence electrons. The van der Waals surface area contributed by atoms with E-state index in [-0.39, 0.29) is 18.0 Å². The highest BCUT2D eigenvalue weighted by Crippen LogP contribution is 2.26. The van der Waals surface area contributed by atoms with E-state index in [4.69, 9.17) is 0 Å². The van der Waals surface area contributed by atoms with E-state index in [1.807, 2.05) is 32.5 Å². The number of nitrogens with one attached hydrogen (secondary N) is 1. The van der Waals surface area contributed by atoms with Crippen molar-refractivity contribution in [3.05, 3.63) is 0 Å². The van der Waals surface area contributed by atoms with Crippen LogP contribution in [-0.2, 0) is 4.79 Å². The summed E-state index contributed by atoms with van der Waals surface area (Å²) in [6.45, 7) is 11.9. The fourth-order valence-electron chi connectivity index (χ4n) is 2.65. The molecule has 0 radical (unpaired) electrons. The molecule has 0 aromatic heterocycles. The van der Waals surface area contributed by atoms with Crippen LogP contribution in [0.25, 0.3) is 0 Å². The summed E-state index contributed by atoms with van der Waals surface area (Å²) in [4.78, 5) is 25.3. The summed E-state index contributed by atoms with van der Waals surface area (Å²) in [5, 5.41) is 12.9. The molecule has 3 atom stereocenters. The van der Waals surface area contributed by atoms with Crippen molar-refractivity contribution in [1.82, 2.24) is 10.2 Å². The molecule has 3 unspecified atom stereocenters. The topological polar surface area (TPSA) is 69.6 Å². The van der Waals surface area contributed by atoms with E-state index in [1.165, 1.54) is 0 Å². The monoisotopic (exact) mass is 316 g/mol. The summed E-state index contributed by atoms with van der Waals surface area (Å²) in [5.41, 5.74) is -0.0709. The maximum absolute atomic E-state index is 12.2. The van der Waals surface area contributed by atoms with Crippen LogP contribution in [0.5, 0.6) is 0 Å². The van der Waals surface area contributed by atoms with Gasteiger partial charge in [-0.15, -0.1) is 0 Å². The minimum Gasteiger partial charge on any atom is -0.481 e. The number of hydrogen-bond donors (Lipinski definition) is 2. The van der Waals surface area contributed by atoms with Gasteiger partial charge in [0.2, 0.25) is 0 Å². The predicted octanol–water partition coefficient (Wildman–Crippen LogP) is 2.66. The van der Waals surface area contributed by atoms with Gasteiger partial charge in [0.05, 0.1) is 5.92 Å². The predicted molar refractivity (Wildman–Crippen MR) is 86.7 cm³/mol. The summed E-state index contributed by atoms with van der Waals surface area (Å²) in [6, 6.07) is -0.144. The van der Waals surface area contributed by atoms with E-state index < -0.39 is 11.9 Å². The van der Waals surface area contributed by atoms with Crippen LogP contribution in [0.3, 0.4) is 0 Å². The van der Waals surface area contributed by atoms with Gasteiger partial charge in [-0.1, -0.05) is 34.6 Å². The molecule has 5 nitrogen and oxygen atoms in total. The van der Waals surface area contributed by atoms with Crippen molar-refractivity contribution in [2.45, 2.75) is 51.5 Å². The third kappa shape index (κ3) is 6.59. The van der Waals surface area contributed by atoms with Crippen LogP contribution in [0, 0.1) is 11.3 Å². The molecule has 0 aromatic rings. The van der Waals surface area contributed by atoms with Crippen LogP contribution in [-0.4, -0.2) is 52.1 Å². The zero-order valence-electron chi connectivity index (χ0n) is 13.7. The Morgan fingerprint density at radius 1 is 1.29 bits per heavy atom. The van der Waals surface area contributed by atoms with Gasteiger partial charge in [0, 0.05) is 30.1 Å². The number of carbonyl (C=O) groups excluding carboxylic acids is 1. The number of rotatable bonds is 4. The van der Waals surface area contributed by atoms with Crippen molar-refractivity contribution in [2.24, 2.45) is 11.3 Å². The molecule has 0 aliphatic carbocycles. The number of amides is 2. The molecule has 0 saturated carbocycles. The summed E-state index contributed by atoms with van der Waals surface area (Å²) in [7, 11) is 0. The Morgan fingerprint density at radius 3 is 2.24 bits per heavy atom. The maximum atomic E-state index is 12.2. The Balaban J connectivity index is 2.51. The Hall–Kier alpha value is -0.910. The zero-order valence-corrected chi connectivity index (χ0v) is 14.5. The first-order valence-corrected chi connectivity index (χ1v) is 8.44. The standard InChI is InChI=1S/C15H28N2O3S/c1-10-8-17(9-11(2)21-10)14(20)16-7-12(13(18)19)6-15(3,4)5/h10-12H,6-9H2,1-5H3,(H,16,20)(H,18,19).